The molecule has 0 saturated heterocycles. The van der Waals surface area contributed by atoms with E-state index in [9.17, 15) is 9.59 Å². The minimum Gasteiger partial charge on any atom is -0.342 e. The van der Waals surface area contributed by atoms with E-state index in [1.807, 2.05) is 24.4 Å². The van der Waals surface area contributed by atoms with Gasteiger partial charge in [0, 0.05) is 40.3 Å². The molecule has 0 fully saturated rings. The summed E-state index contributed by atoms with van der Waals surface area (Å²) in [4.78, 5) is 25.6. The Bertz CT molecular complexity index is 1290. The summed E-state index contributed by atoms with van der Waals surface area (Å²) in [7, 11) is 0. The van der Waals surface area contributed by atoms with Crippen molar-refractivity contribution in [1.29, 1.82) is 0 Å². The van der Waals surface area contributed by atoms with Gasteiger partial charge in [0.05, 0.1) is 5.57 Å². The van der Waals surface area contributed by atoms with E-state index in [-0.39, 0.29) is 17.1 Å². The number of carbonyl (C=O) groups excluding carboxylic acids is 2. The Labute approximate surface area is 168 Å². The summed E-state index contributed by atoms with van der Waals surface area (Å²) >= 11 is 0. The average Bonchev–Trinajstić information content (AvgIpc) is 3.19. The van der Waals surface area contributed by atoms with Gasteiger partial charge in [-0.2, -0.15) is 0 Å². The van der Waals surface area contributed by atoms with E-state index >= 15 is 0 Å². The number of aryl methyl sites for hydroxylation is 1. The maximum Gasteiger partial charge on any atom is 0.197 e. The van der Waals surface area contributed by atoms with Crippen LogP contribution < -0.4 is 0 Å². The molecule has 0 unspecified atom stereocenters. The van der Waals surface area contributed by atoms with Crippen molar-refractivity contribution in [1.82, 2.24) is 4.57 Å². The van der Waals surface area contributed by atoms with Crippen LogP contribution in [0.1, 0.15) is 37.4 Å². The summed E-state index contributed by atoms with van der Waals surface area (Å²) in [6, 6.07) is 23.5. The first-order valence-electron chi connectivity index (χ1n) is 9.65. The van der Waals surface area contributed by atoms with Gasteiger partial charge in [0.2, 0.25) is 0 Å². The SMILES string of the molecule is Cc1cccc(Cn2cc(C=C3C(=O)c4ccccc4C3=O)c3ccccc32)c1. The highest BCUT2D eigenvalue weighted by Crippen LogP contribution is 2.30. The fourth-order valence-corrected chi connectivity index (χ4v) is 4.09. The fraction of sp³-hybridized carbons (Fsp3) is 0.0769. The van der Waals surface area contributed by atoms with Crippen LogP contribution >= 0.6 is 0 Å². The molecule has 29 heavy (non-hydrogen) atoms. The van der Waals surface area contributed by atoms with E-state index in [1.165, 1.54) is 11.1 Å². The van der Waals surface area contributed by atoms with Crippen molar-refractivity contribution in [2.45, 2.75) is 13.5 Å². The monoisotopic (exact) mass is 377 g/mol. The number of benzene rings is 3. The van der Waals surface area contributed by atoms with Crippen LogP contribution in [0.3, 0.4) is 0 Å². The van der Waals surface area contributed by atoms with E-state index in [4.69, 9.17) is 0 Å². The Hall–Kier alpha value is -3.72. The van der Waals surface area contributed by atoms with Gasteiger partial charge < -0.3 is 4.57 Å². The van der Waals surface area contributed by atoms with Crippen molar-refractivity contribution in [3.8, 4) is 0 Å². The summed E-state index contributed by atoms with van der Waals surface area (Å²) in [5.41, 5.74) is 5.63. The van der Waals surface area contributed by atoms with Crippen LogP contribution in [0.2, 0.25) is 0 Å². The molecule has 1 aromatic heterocycles. The fourth-order valence-electron chi connectivity index (χ4n) is 4.09. The number of nitrogens with zero attached hydrogens (tertiary/aromatic N) is 1. The zero-order chi connectivity index (χ0) is 20.0. The van der Waals surface area contributed by atoms with Crippen LogP contribution in [-0.4, -0.2) is 16.1 Å². The Morgan fingerprint density at radius 2 is 1.52 bits per heavy atom. The zero-order valence-electron chi connectivity index (χ0n) is 16.1. The predicted molar refractivity (Wildman–Crippen MR) is 115 cm³/mol. The molecule has 0 radical (unpaired) electrons. The van der Waals surface area contributed by atoms with Crippen molar-refractivity contribution in [3.05, 3.63) is 112 Å². The number of aromatic nitrogens is 1. The molecule has 0 aliphatic heterocycles. The number of allylic oxidation sites excluding steroid dienone is 1. The van der Waals surface area contributed by atoms with Gasteiger partial charge in [0.15, 0.2) is 11.6 Å². The molecular weight excluding hydrogens is 358 g/mol. The van der Waals surface area contributed by atoms with E-state index in [0.29, 0.717) is 11.1 Å². The third kappa shape index (κ3) is 2.92. The Kier molecular flexibility index (Phi) is 4.02. The van der Waals surface area contributed by atoms with Gasteiger partial charge in [-0.25, -0.2) is 0 Å². The lowest BCUT2D eigenvalue weighted by Gasteiger charge is -2.06. The normalized spacial score (nSPS) is 13.2. The number of rotatable bonds is 3. The summed E-state index contributed by atoms with van der Waals surface area (Å²) in [5, 5.41) is 1.03. The van der Waals surface area contributed by atoms with Crippen molar-refractivity contribution in [3.63, 3.8) is 0 Å². The van der Waals surface area contributed by atoms with Gasteiger partial charge in [-0.05, 0) is 24.6 Å². The minimum absolute atomic E-state index is 0.193. The Morgan fingerprint density at radius 3 is 2.24 bits per heavy atom. The van der Waals surface area contributed by atoms with Crippen LogP contribution in [0.5, 0.6) is 0 Å². The van der Waals surface area contributed by atoms with Gasteiger partial charge in [-0.15, -0.1) is 0 Å². The van der Waals surface area contributed by atoms with Crippen LogP contribution in [0.15, 0.2) is 84.6 Å². The lowest BCUT2D eigenvalue weighted by molar-refractivity contribution is 0.0990. The van der Waals surface area contributed by atoms with Gasteiger partial charge in [0.1, 0.15) is 0 Å². The quantitative estimate of drug-likeness (QED) is 0.351. The number of para-hydroxylation sites is 1. The van der Waals surface area contributed by atoms with Gasteiger partial charge in [-0.3, -0.25) is 9.59 Å². The first kappa shape index (κ1) is 17.4. The van der Waals surface area contributed by atoms with E-state index in [0.717, 1.165) is 23.0 Å². The van der Waals surface area contributed by atoms with Crippen LogP contribution in [0.4, 0.5) is 0 Å². The second-order valence-corrected chi connectivity index (χ2v) is 7.48. The molecular formula is C26H19NO2. The zero-order valence-corrected chi connectivity index (χ0v) is 16.1. The highest BCUT2D eigenvalue weighted by molar-refractivity contribution is 6.41. The molecule has 1 aliphatic carbocycles. The van der Waals surface area contributed by atoms with E-state index < -0.39 is 0 Å². The molecule has 1 aliphatic rings. The lowest BCUT2D eigenvalue weighted by atomic mass is 10.1. The highest BCUT2D eigenvalue weighted by atomic mass is 16.2. The van der Waals surface area contributed by atoms with E-state index in [1.54, 1.807) is 30.3 Å². The molecule has 140 valence electrons. The number of ketones is 2. The maximum atomic E-state index is 12.8. The second kappa shape index (κ2) is 6.71. The van der Waals surface area contributed by atoms with Crippen molar-refractivity contribution >= 4 is 28.5 Å². The largest absolute Gasteiger partial charge is 0.342 e. The average molecular weight is 377 g/mol. The molecule has 3 aromatic carbocycles. The second-order valence-electron chi connectivity index (χ2n) is 7.48. The van der Waals surface area contributed by atoms with Gasteiger partial charge in [-0.1, -0.05) is 72.3 Å². The minimum atomic E-state index is -0.193. The first-order valence-corrected chi connectivity index (χ1v) is 9.65. The number of carbonyl (C=O) groups is 2. The molecule has 3 nitrogen and oxygen atoms in total. The topological polar surface area (TPSA) is 39.1 Å². The Morgan fingerprint density at radius 1 is 0.828 bits per heavy atom. The molecule has 5 rings (SSSR count). The number of hydrogen-bond donors (Lipinski definition) is 0. The molecule has 3 heteroatoms. The number of Topliss-reactive ketones (excluding diaryl/α,β-unsaturated/α-hetero) is 2. The number of fused-ring (bicyclic) bond motifs is 2. The molecule has 0 bridgehead atoms. The predicted octanol–water partition coefficient (Wildman–Crippen LogP) is 5.46. The smallest absolute Gasteiger partial charge is 0.197 e. The van der Waals surface area contributed by atoms with Crippen LogP contribution in [-0.2, 0) is 6.54 Å². The van der Waals surface area contributed by atoms with Crippen LogP contribution in [0.25, 0.3) is 17.0 Å². The lowest BCUT2D eigenvalue weighted by Crippen LogP contribution is -2.00. The molecule has 0 saturated carbocycles. The van der Waals surface area contributed by atoms with Crippen molar-refractivity contribution in [2.24, 2.45) is 0 Å². The third-order valence-electron chi connectivity index (χ3n) is 5.46. The summed E-state index contributed by atoms with van der Waals surface area (Å²) < 4.78 is 2.17. The standard InChI is InChI=1S/C26H19NO2/c1-17-7-6-8-18(13-17)15-27-16-19(20-9-4-5-12-24(20)27)14-23-25(28)21-10-2-3-11-22(21)26(23)29/h2-14,16H,15H2,1H3. The third-order valence-corrected chi connectivity index (χ3v) is 5.46. The molecule has 0 amide bonds. The maximum absolute atomic E-state index is 12.8. The molecule has 1 heterocycles. The molecule has 0 atom stereocenters. The van der Waals surface area contributed by atoms with Gasteiger partial charge in [0.25, 0.3) is 0 Å². The van der Waals surface area contributed by atoms with Gasteiger partial charge >= 0.3 is 0 Å². The molecule has 4 aromatic rings. The first-order chi connectivity index (χ1) is 14.1. The van der Waals surface area contributed by atoms with Crippen molar-refractivity contribution in [2.75, 3.05) is 0 Å². The summed E-state index contributed by atoms with van der Waals surface area (Å²) in [6.07, 6.45) is 3.78. The van der Waals surface area contributed by atoms with E-state index in [2.05, 4.69) is 41.8 Å². The molecule has 0 spiro atoms. The number of hydrogen-bond acceptors (Lipinski definition) is 2. The summed E-state index contributed by atoms with van der Waals surface area (Å²) in [5.74, 6) is -0.387. The summed E-state index contributed by atoms with van der Waals surface area (Å²) in [6.45, 7) is 2.82. The molecule has 0 N–H and O–H groups in total. The van der Waals surface area contributed by atoms with Crippen LogP contribution in [0, 0.1) is 6.92 Å². The highest BCUT2D eigenvalue weighted by Gasteiger charge is 2.32. The van der Waals surface area contributed by atoms with Crippen molar-refractivity contribution < 1.29 is 9.59 Å². The Balaban J connectivity index is 1.61.